The molecule has 0 aromatic heterocycles. The number of benzene rings is 1. The number of carbonyl (C=O) groups is 3. The molecule has 1 aromatic carbocycles. The molecule has 0 bridgehead atoms. The quantitative estimate of drug-likeness (QED) is 0.826. The van der Waals surface area contributed by atoms with Crippen molar-refractivity contribution in [1.29, 1.82) is 0 Å². The normalized spacial score (nSPS) is 15.2. The van der Waals surface area contributed by atoms with Crippen molar-refractivity contribution in [2.75, 3.05) is 24.3 Å². The highest BCUT2D eigenvalue weighted by atomic mass is 16.5. The smallest absolute Gasteiger partial charge is 0.246 e. The lowest BCUT2D eigenvalue weighted by molar-refractivity contribution is -0.134. The van der Waals surface area contributed by atoms with Gasteiger partial charge in [0, 0.05) is 24.9 Å². The van der Waals surface area contributed by atoms with E-state index < -0.39 is 6.04 Å². The van der Waals surface area contributed by atoms with Gasteiger partial charge >= 0.3 is 0 Å². The number of carbonyl (C=O) groups excluding carboxylic acids is 3. The summed E-state index contributed by atoms with van der Waals surface area (Å²) in [4.78, 5) is 37.9. The zero-order chi connectivity index (χ0) is 18.6. The molecule has 1 saturated heterocycles. The van der Waals surface area contributed by atoms with E-state index in [1.54, 1.807) is 43.9 Å². The highest BCUT2D eigenvalue weighted by Crippen LogP contribution is 2.28. The van der Waals surface area contributed by atoms with Crippen molar-refractivity contribution in [2.45, 2.75) is 39.7 Å². The van der Waals surface area contributed by atoms with Crippen molar-refractivity contribution < 1.29 is 19.1 Å². The van der Waals surface area contributed by atoms with Crippen LogP contribution in [0.4, 0.5) is 11.4 Å². The lowest BCUT2D eigenvalue weighted by atomic mass is 10.1. The predicted molar refractivity (Wildman–Crippen MR) is 95.5 cm³/mol. The maximum Gasteiger partial charge on any atom is 0.246 e. The molecular weight excluding hydrogens is 322 g/mol. The van der Waals surface area contributed by atoms with E-state index in [0.717, 1.165) is 6.42 Å². The average molecular weight is 347 g/mol. The Morgan fingerprint density at radius 3 is 2.36 bits per heavy atom. The zero-order valence-corrected chi connectivity index (χ0v) is 15.1. The Hall–Kier alpha value is -2.57. The van der Waals surface area contributed by atoms with Gasteiger partial charge in [0.05, 0.1) is 18.5 Å². The van der Waals surface area contributed by atoms with E-state index in [9.17, 15) is 14.4 Å². The predicted octanol–water partition coefficient (Wildman–Crippen LogP) is 2.24. The molecule has 1 unspecified atom stereocenters. The van der Waals surface area contributed by atoms with Gasteiger partial charge < -0.3 is 20.3 Å². The fourth-order valence-electron chi connectivity index (χ4n) is 2.60. The summed E-state index contributed by atoms with van der Waals surface area (Å²) in [6, 6.07) is 4.46. The molecule has 1 heterocycles. The van der Waals surface area contributed by atoms with Gasteiger partial charge in [-0.05, 0) is 25.5 Å². The Morgan fingerprint density at radius 1 is 1.12 bits per heavy atom. The monoisotopic (exact) mass is 347 g/mol. The van der Waals surface area contributed by atoms with Crippen molar-refractivity contribution in [3.63, 3.8) is 0 Å². The summed E-state index contributed by atoms with van der Waals surface area (Å²) in [6.07, 6.45) is 1.25. The van der Waals surface area contributed by atoms with Crippen LogP contribution < -0.4 is 15.4 Å². The Morgan fingerprint density at radius 2 is 1.80 bits per heavy atom. The molecule has 136 valence electrons. The number of methoxy groups -OCH3 is 1. The second kappa shape index (κ2) is 8.00. The summed E-state index contributed by atoms with van der Waals surface area (Å²) in [5, 5.41) is 5.59. The van der Waals surface area contributed by atoms with E-state index >= 15 is 0 Å². The second-order valence-electron chi connectivity index (χ2n) is 6.41. The second-order valence-corrected chi connectivity index (χ2v) is 6.41. The van der Waals surface area contributed by atoms with Gasteiger partial charge in [-0.2, -0.15) is 0 Å². The summed E-state index contributed by atoms with van der Waals surface area (Å²) in [6.45, 7) is 5.86. The first-order valence-electron chi connectivity index (χ1n) is 8.42. The van der Waals surface area contributed by atoms with E-state index in [0.29, 0.717) is 30.1 Å². The first kappa shape index (κ1) is 18.8. The number of anilines is 2. The van der Waals surface area contributed by atoms with E-state index in [1.807, 2.05) is 0 Å². The van der Waals surface area contributed by atoms with Crippen LogP contribution in [0.2, 0.25) is 0 Å². The molecule has 0 radical (unpaired) electrons. The topological polar surface area (TPSA) is 87.7 Å². The number of likely N-dealkylation sites (tertiary alicyclic amines) is 1. The molecular formula is C18H25N3O4. The van der Waals surface area contributed by atoms with Crippen molar-refractivity contribution >= 4 is 29.1 Å². The minimum Gasteiger partial charge on any atom is -0.497 e. The van der Waals surface area contributed by atoms with Crippen LogP contribution in [-0.4, -0.2) is 42.3 Å². The van der Waals surface area contributed by atoms with Gasteiger partial charge in [-0.3, -0.25) is 14.4 Å². The van der Waals surface area contributed by atoms with Crippen LogP contribution in [0.1, 0.15) is 33.6 Å². The van der Waals surface area contributed by atoms with Crippen LogP contribution in [0.5, 0.6) is 5.75 Å². The Kier molecular flexibility index (Phi) is 6.01. The van der Waals surface area contributed by atoms with Crippen LogP contribution in [0.3, 0.4) is 0 Å². The first-order valence-corrected chi connectivity index (χ1v) is 8.42. The maximum atomic E-state index is 12.6. The largest absolute Gasteiger partial charge is 0.497 e. The molecule has 0 aliphatic carbocycles. The lowest BCUT2D eigenvalue weighted by Gasteiger charge is -2.24. The number of amides is 3. The number of hydrogen-bond acceptors (Lipinski definition) is 4. The van der Waals surface area contributed by atoms with Gasteiger partial charge in [-0.15, -0.1) is 0 Å². The summed E-state index contributed by atoms with van der Waals surface area (Å²) in [5.74, 6) is -0.0943. The Balaban J connectivity index is 2.19. The van der Waals surface area contributed by atoms with E-state index in [1.165, 1.54) is 7.11 Å². The Labute approximate surface area is 147 Å². The van der Waals surface area contributed by atoms with Crippen molar-refractivity contribution in [3.05, 3.63) is 18.2 Å². The number of nitrogens with one attached hydrogen (secondary N) is 2. The van der Waals surface area contributed by atoms with Gasteiger partial charge in [0.15, 0.2) is 0 Å². The van der Waals surface area contributed by atoms with Crippen molar-refractivity contribution in [1.82, 2.24) is 4.90 Å². The maximum absolute atomic E-state index is 12.6. The number of ether oxygens (including phenoxy) is 1. The van der Waals surface area contributed by atoms with E-state index in [4.69, 9.17) is 4.74 Å². The summed E-state index contributed by atoms with van der Waals surface area (Å²) < 4.78 is 5.19. The Bertz CT molecular complexity index is 672. The zero-order valence-electron chi connectivity index (χ0n) is 15.1. The fourth-order valence-corrected chi connectivity index (χ4v) is 2.60. The van der Waals surface area contributed by atoms with E-state index in [2.05, 4.69) is 10.6 Å². The van der Waals surface area contributed by atoms with Crippen LogP contribution >= 0.6 is 0 Å². The molecule has 3 amide bonds. The van der Waals surface area contributed by atoms with E-state index in [-0.39, 0.29) is 23.6 Å². The minimum absolute atomic E-state index is 0.0124. The molecule has 2 N–H and O–H groups in total. The molecule has 2 rings (SSSR count). The molecule has 1 aliphatic rings. The molecule has 7 heteroatoms. The summed E-state index contributed by atoms with van der Waals surface area (Å²) in [5.41, 5.74) is 0.935. The summed E-state index contributed by atoms with van der Waals surface area (Å²) >= 11 is 0. The first-order chi connectivity index (χ1) is 11.8. The third kappa shape index (κ3) is 4.49. The van der Waals surface area contributed by atoms with Crippen LogP contribution in [-0.2, 0) is 14.4 Å². The van der Waals surface area contributed by atoms with Crippen LogP contribution in [0, 0.1) is 5.92 Å². The van der Waals surface area contributed by atoms with Crippen LogP contribution in [0.25, 0.3) is 0 Å². The highest BCUT2D eigenvalue weighted by Gasteiger charge is 2.29. The third-order valence-electron chi connectivity index (χ3n) is 4.22. The number of nitrogens with zero attached hydrogens (tertiary/aromatic N) is 1. The lowest BCUT2D eigenvalue weighted by Crippen LogP contribution is -2.42. The fraction of sp³-hybridized carbons (Fsp3) is 0.500. The number of rotatable bonds is 6. The average Bonchev–Trinajstić information content (AvgIpc) is 3.01. The molecule has 7 nitrogen and oxygen atoms in total. The number of hydrogen-bond donors (Lipinski definition) is 2. The van der Waals surface area contributed by atoms with Gasteiger partial charge in [0.1, 0.15) is 11.8 Å². The molecule has 25 heavy (non-hydrogen) atoms. The molecule has 1 aliphatic heterocycles. The van der Waals surface area contributed by atoms with Gasteiger partial charge in [-0.1, -0.05) is 13.8 Å². The van der Waals surface area contributed by atoms with Crippen molar-refractivity contribution in [3.8, 4) is 5.75 Å². The molecule has 0 spiro atoms. The third-order valence-corrected chi connectivity index (χ3v) is 4.22. The summed E-state index contributed by atoms with van der Waals surface area (Å²) in [7, 11) is 1.53. The van der Waals surface area contributed by atoms with Gasteiger partial charge in [-0.25, -0.2) is 0 Å². The standard InChI is InChI=1S/C18H25N3O4/c1-11(2)17(23)19-14-8-7-13(25-4)10-15(14)20-18(24)12(3)21-9-5-6-16(21)22/h7-8,10-12H,5-6,9H2,1-4H3,(H,19,23)(H,20,24). The molecule has 1 atom stereocenters. The SMILES string of the molecule is COc1ccc(NC(=O)C(C)C)c(NC(=O)C(C)N2CCCC2=O)c1. The molecule has 0 saturated carbocycles. The van der Waals surface area contributed by atoms with Crippen LogP contribution in [0.15, 0.2) is 18.2 Å². The van der Waals surface area contributed by atoms with Crippen molar-refractivity contribution in [2.24, 2.45) is 5.92 Å². The molecule has 1 aromatic rings. The van der Waals surface area contributed by atoms with Gasteiger partial charge in [0.2, 0.25) is 17.7 Å². The molecule has 1 fully saturated rings. The highest BCUT2D eigenvalue weighted by molar-refractivity contribution is 6.02. The minimum atomic E-state index is -0.574. The van der Waals surface area contributed by atoms with Gasteiger partial charge in [0.25, 0.3) is 0 Å².